The van der Waals surface area contributed by atoms with E-state index in [9.17, 15) is 0 Å². The number of rotatable bonds is 4. The van der Waals surface area contributed by atoms with Crippen LogP contribution in [-0.4, -0.2) is 54.8 Å². The van der Waals surface area contributed by atoms with E-state index in [1.807, 2.05) is 30.3 Å². The van der Waals surface area contributed by atoms with Crippen LogP contribution >= 0.6 is 0 Å². The van der Waals surface area contributed by atoms with Crippen LogP contribution in [0.15, 0.2) is 24.8 Å². The van der Waals surface area contributed by atoms with E-state index in [1.54, 1.807) is 0 Å². The summed E-state index contributed by atoms with van der Waals surface area (Å²) in [6, 6.07) is 0.548. The Bertz CT molecular complexity index is 587. The van der Waals surface area contributed by atoms with Gasteiger partial charge in [-0.25, -0.2) is 4.98 Å². The van der Waals surface area contributed by atoms with Gasteiger partial charge in [0, 0.05) is 70.5 Å². The van der Waals surface area contributed by atoms with Crippen molar-refractivity contribution in [1.29, 1.82) is 0 Å². The van der Waals surface area contributed by atoms with Gasteiger partial charge >= 0.3 is 0 Å². The van der Waals surface area contributed by atoms with Gasteiger partial charge in [-0.1, -0.05) is 0 Å². The predicted octanol–water partition coefficient (Wildman–Crippen LogP) is 0.860. The first kappa shape index (κ1) is 14.3. The lowest BCUT2D eigenvalue weighted by molar-refractivity contribution is 0.0707. The van der Waals surface area contributed by atoms with Crippen molar-refractivity contribution in [3.8, 4) is 0 Å². The van der Waals surface area contributed by atoms with E-state index in [0.29, 0.717) is 6.04 Å². The Morgan fingerprint density at radius 2 is 2.10 bits per heavy atom. The van der Waals surface area contributed by atoms with Crippen LogP contribution in [0.5, 0.6) is 0 Å². The molecule has 3 rings (SSSR count). The van der Waals surface area contributed by atoms with Gasteiger partial charge in [0.2, 0.25) is 0 Å². The van der Waals surface area contributed by atoms with E-state index < -0.39 is 0 Å². The van der Waals surface area contributed by atoms with Crippen molar-refractivity contribution in [2.75, 3.05) is 19.6 Å². The van der Waals surface area contributed by atoms with Crippen LogP contribution in [0.25, 0.3) is 0 Å². The minimum atomic E-state index is 0.548. The van der Waals surface area contributed by atoms with E-state index in [0.717, 1.165) is 38.5 Å². The van der Waals surface area contributed by atoms with E-state index in [1.165, 1.54) is 5.56 Å². The SMILES string of the molecule is C[C@@H]1CN(Cc2cnn(C)c2)CCN1Cc1nccn1C. The normalized spacial score (nSPS) is 21.0. The van der Waals surface area contributed by atoms with Crippen molar-refractivity contribution in [2.45, 2.75) is 26.1 Å². The number of nitrogens with zero attached hydrogens (tertiary/aromatic N) is 6. The molecular weight excluding hydrogens is 264 g/mol. The average Bonchev–Trinajstić information content (AvgIpc) is 3.02. The summed E-state index contributed by atoms with van der Waals surface area (Å²) in [7, 11) is 4.03. The lowest BCUT2D eigenvalue weighted by Crippen LogP contribution is -2.51. The second-order valence-corrected chi connectivity index (χ2v) is 6.03. The van der Waals surface area contributed by atoms with Gasteiger partial charge < -0.3 is 4.57 Å². The molecule has 0 amide bonds. The third-order valence-electron chi connectivity index (χ3n) is 4.28. The van der Waals surface area contributed by atoms with Gasteiger partial charge in [0.1, 0.15) is 5.82 Å². The molecule has 2 aromatic heterocycles. The first-order valence-corrected chi connectivity index (χ1v) is 7.52. The summed E-state index contributed by atoms with van der Waals surface area (Å²) in [5.41, 5.74) is 1.29. The van der Waals surface area contributed by atoms with Gasteiger partial charge in [-0.2, -0.15) is 5.10 Å². The topological polar surface area (TPSA) is 42.1 Å². The zero-order valence-electron chi connectivity index (χ0n) is 13.1. The molecule has 3 heterocycles. The van der Waals surface area contributed by atoms with Crippen LogP contribution in [0.4, 0.5) is 0 Å². The molecule has 6 heteroatoms. The van der Waals surface area contributed by atoms with Crippen LogP contribution in [0.1, 0.15) is 18.3 Å². The molecular formula is C15H24N6. The maximum atomic E-state index is 4.43. The van der Waals surface area contributed by atoms with E-state index >= 15 is 0 Å². The average molecular weight is 288 g/mol. The first-order valence-electron chi connectivity index (χ1n) is 7.52. The molecule has 114 valence electrons. The standard InChI is InChI=1S/C15H24N6/c1-13-9-20(11-14-8-17-19(3)10-14)6-7-21(13)12-15-16-4-5-18(15)2/h4-5,8,10,13H,6-7,9,11-12H2,1-3H3/t13-/m1/s1. The number of aromatic nitrogens is 4. The minimum Gasteiger partial charge on any atom is -0.337 e. The fraction of sp³-hybridized carbons (Fsp3) is 0.600. The lowest BCUT2D eigenvalue weighted by Gasteiger charge is -2.39. The van der Waals surface area contributed by atoms with E-state index in [-0.39, 0.29) is 0 Å². The van der Waals surface area contributed by atoms with E-state index in [4.69, 9.17) is 0 Å². The predicted molar refractivity (Wildman–Crippen MR) is 81.6 cm³/mol. The van der Waals surface area contributed by atoms with Crippen LogP contribution in [0, 0.1) is 0 Å². The molecule has 0 aliphatic carbocycles. The van der Waals surface area contributed by atoms with Crippen molar-refractivity contribution in [1.82, 2.24) is 29.1 Å². The van der Waals surface area contributed by atoms with Gasteiger partial charge in [-0.05, 0) is 6.92 Å². The first-order chi connectivity index (χ1) is 10.1. The largest absolute Gasteiger partial charge is 0.337 e. The molecule has 0 unspecified atom stereocenters. The van der Waals surface area contributed by atoms with Crippen LogP contribution in [-0.2, 0) is 27.2 Å². The highest BCUT2D eigenvalue weighted by Gasteiger charge is 2.24. The van der Waals surface area contributed by atoms with Gasteiger partial charge in [0.15, 0.2) is 0 Å². The van der Waals surface area contributed by atoms with Gasteiger partial charge in [0.05, 0.1) is 12.7 Å². The summed E-state index contributed by atoms with van der Waals surface area (Å²) in [5.74, 6) is 1.14. The lowest BCUT2D eigenvalue weighted by atomic mass is 10.1. The Morgan fingerprint density at radius 3 is 2.71 bits per heavy atom. The van der Waals surface area contributed by atoms with Crippen molar-refractivity contribution >= 4 is 0 Å². The highest BCUT2D eigenvalue weighted by molar-refractivity contribution is 5.04. The number of imidazole rings is 1. The van der Waals surface area contributed by atoms with Crippen LogP contribution < -0.4 is 0 Å². The summed E-state index contributed by atoms with van der Waals surface area (Å²) in [6.45, 7) is 7.52. The fourth-order valence-corrected chi connectivity index (χ4v) is 2.99. The Hall–Kier alpha value is -1.66. The quantitative estimate of drug-likeness (QED) is 0.837. The van der Waals surface area contributed by atoms with E-state index in [2.05, 4.69) is 44.6 Å². The number of aryl methyl sites for hydroxylation is 2. The molecule has 1 atom stereocenters. The number of hydrogen-bond acceptors (Lipinski definition) is 4. The molecule has 0 N–H and O–H groups in total. The molecule has 1 aliphatic rings. The molecule has 0 aromatic carbocycles. The maximum Gasteiger partial charge on any atom is 0.122 e. The Balaban J connectivity index is 1.55. The summed E-state index contributed by atoms with van der Waals surface area (Å²) in [4.78, 5) is 9.46. The van der Waals surface area contributed by atoms with Crippen molar-refractivity contribution in [3.63, 3.8) is 0 Å². The number of piperazine rings is 1. The number of hydrogen-bond donors (Lipinski definition) is 0. The van der Waals surface area contributed by atoms with Crippen molar-refractivity contribution < 1.29 is 0 Å². The molecule has 21 heavy (non-hydrogen) atoms. The smallest absolute Gasteiger partial charge is 0.122 e. The van der Waals surface area contributed by atoms with Gasteiger partial charge in [-0.3, -0.25) is 14.5 Å². The Kier molecular flexibility index (Phi) is 4.07. The second kappa shape index (κ2) is 5.99. The molecule has 0 saturated carbocycles. The third-order valence-corrected chi connectivity index (χ3v) is 4.28. The fourth-order valence-electron chi connectivity index (χ4n) is 2.99. The molecule has 2 aromatic rings. The Morgan fingerprint density at radius 1 is 1.24 bits per heavy atom. The maximum absolute atomic E-state index is 4.43. The Labute approximate surface area is 126 Å². The van der Waals surface area contributed by atoms with Gasteiger partial charge in [0.25, 0.3) is 0 Å². The van der Waals surface area contributed by atoms with Crippen molar-refractivity contribution in [3.05, 3.63) is 36.2 Å². The zero-order chi connectivity index (χ0) is 14.8. The molecule has 0 bridgehead atoms. The highest BCUT2D eigenvalue weighted by atomic mass is 15.3. The molecule has 0 radical (unpaired) electrons. The summed E-state index contributed by atoms with van der Waals surface area (Å²) >= 11 is 0. The summed E-state index contributed by atoms with van der Waals surface area (Å²) in [6.07, 6.45) is 7.95. The zero-order valence-corrected chi connectivity index (χ0v) is 13.1. The minimum absolute atomic E-state index is 0.548. The monoisotopic (exact) mass is 288 g/mol. The second-order valence-electron chi connectivity index (χ2n) is 6.03. The molecule has 6 nitrogen and oxygen atoms in total. The summed E-state index contributed by atoms with van der Waals surface area (Å²) in [5, 5.41) is 4.24. The molecule has 1 saturated heterocycles. The summed E-state index contributed by atoms with van der Waals surface area (Å²) < 4.78 is 3.98. The third kappa shape index (κ3) is 3.33. The molecule has 1 aliphatic heterocycles. The van der Waals surface area contributed by atoms with Crippen LogP contribution in [0.2, 0.25) is 0 Å². The van der Waals surface area contributed by atoms with Crippen molar-refractivity contribution in [2.24, 2.45) is 14.1 Å². The van der Waals surface area contributed by atoms with Crippen LogP contribution in [0.3, 0.4) is 0 Å². The van der Waals surface area contributed by atoms with Gasteiger partial charge in [-0.15, -0.1) is 0 Å². The highest BCUT2D eigenvalue weighted by Crippen LogP contribution is 2.15. The molecule has 1 fully saturated rings. The molecule has 0 spiro atoms.